The molecule has 17 heavy (non-hydrogen) atoms. The summed E-state index contributed by atoms with van der Waals surface area (Å²) in [5, 5.41) is 0. The normalized spacial score (nSPS) is 26.8. The second-order valence-electron chi connectivity index (χ2n) is 4.75. The summed E-state index contributed by atoms with van der Waals surface area (Å²) in [4.78, 5) is 2.53. The predicted octanol–water partition coefficient (Wildman–Crippen LogP) is 3.63. The number of rotatable bonds is 3. The van der Waals surface area contributed by atoms with Gasteiger partial charge in [0.1, 0.15) is 0 Å². The zero-order valence-corrected chi connectivity index (χ0v) is 10.1. The van der Waals surface area contributed by atoms with Crippen LogP contribution in [0.1, 0.15) is 24.1 Å². The molecule has 1 unspecified atom stereocenters. The van der Waals surface area contributed by atoms with Crippen LogP contribution in [0, 0.1) is 0 Å². The smallest absolute Gasteiger partial charge is 0.0508 e. The van der Waals surface area contributed by atoms with Crippen molar-refractivity contribution in [3.05, 3.63) is 71.8 Å². The molecule has 0 N–H and O–H groups in total. The van der Waals surface area contributed by atoms with E-state index in [1.807, 2.05) is 0 Å². The summed E-state index contributed by atoms with van der Waals surface area (Å²) in [5.74, 6) is 0. The summed E-state index contributed by atoms with van der Waals surface area (Å²) in [5.41, 5.74) is 2.84. The molecular formula is C16H17N. The first-order valence-electron chi connectivity index (χ1n) is 6.21. The Balaban J connectivity index is 1.72. The Labute approximate surface area is 103 Å². The molecule has 3 atom stereocenters. The number of benzene rings is 2. The molecule has 2 aromatic rings. The van der Waals surface area contributed by atoms with Crippen molar-refractivity contribution in [1.29, 1.82) is 0 Å². The van der Waals surface area contributed by atoms with Crippen molar-refractivity contribution >= 4 is 0 Å². The highest BCUT2D eigenvalue weighted by atomic mass is 15.3. The van der Waals surface area contributed by atoms with E-state index < -0.39 is 0 Å². The lowest BCUT2D eigenvalue weighted by molar-refractivity contribution is 0.484. The molecule has 0 spiro atoms. The highest BCUT2D eigenvalue weighted by Gasteiger charge is 2.44. The number of nitrogens with zero attached hydrogens (tertiary/aromatic N) is 1. The summed E-state index contributed by atoms with van der Waals surface area (Å²) in [7, 11) is 0. The highest BCUT2D eigenvalue weighted by molar-refractivity contribution is 5.27. The van der Waals surface area contributed by atoms with Crippen LogP contribution < -0.4 is 0 Å². The first-order chi connectivity index (χ1) is 8.36. The molecule has 0 aliphatic carbocycles. The van der Waals surface area contributed by atoms with Gasteiger partial charge in [0.2, 0.25) is 0 Å². The Hall–Kier alpha value is -1.60. The van der Waals surface area contributed by atoms with Gasteiger partial charge in [-0.2, -0.15) is 0 Å². The fourth-order valence-electron chi connectivity index (χ4n) is 2.57. The molecular weight excluding hydrogens is 206 g/mol. The van der Waals surface area contributed by atoms with Crippen molar-refractivity contribution in [1.82, 2.24) is 4.90 Å². The van der Waals surface area contributed by atoms with Crippen molar-refractivity contribution in [2.24, 2.45) is 0 Å². The molecule has 0 saturated carbocycles. The zero-order valence-electron chi connectivity index (χ0n) is 10.1. The standard InChI is InChI=1S/C16H17N/c1-13-16(15-10-6-3-7-11-15)17(13)12-14-8-4-2-5-9-14/h2-11,13,16H,12H2,1H3/t13-,16-,17?/m1/s1. The minimum Gasteiger partial charge on any atom is -0.286 e. The van der Waals surface area contributed by atoms with E-state index in [0.717, 1.165) is 6.54 Å². The van der Waals surface area contributed by atoms with Crippen LogP contribution >= 0.6 is 0 Å². The zero-order chi connectivity index (χ0) is 11.7. The minimum absolute atomic E-state index is 0.608. The van der Waals surface area contributed by atoms with E-state index in [4.69, 9.17) is 0 Å². The molecule has 1 saturated heterocycles. The van der Waals surface area contributed by atoms with Crippen molar-refractivity contribution in [3.63, 3.8) is 0 Å². The van der Waals surface area contributed by atoms with Gasteiger partial charge in [-0.1, -0.05) is 60.7 Å². The molecule has 86 valence electrons. The van der Waals surface area contributed by atoms with E-state index in [1.54, 1.807) is 0 Å². The van der Waals surface area contributed by atoms with Gasteiger partial charge in [-0.25, -0.2) is 0 Å². The summed E-state index contributed by atoms with van der Waals surface area (Å²) in [6, 6.07) is 22.8. The molecule has 0 radical (unpaired) electrons. The van der Waals surface area contributed by atoms with E-state index in [9.17, 15) is 0 Å². The molecule has 0 aromatic heterocycles. The number of hydrogen-bond acceptors (Lipinski definition) is 1. The minimum atomic E-state index is 0.608. The van der Waals surface area contributed by atoms with Crippen LogP contribution in [-0.4, -0.2) is 10.9 Å². The van der Waals surface area contributed by atoms with Crippen LogP contribution in [0.4, 0.5) is 0 Å². The average Bonchev–Trinajstić information content (AvgIpc) is 3.02. The molecule has 1 heterocycles. The fourth-order valence-corrected chi connectivity index (χ4v) is 2.57. The van der Waals surface area contributed by atoms with E-state index in [1.165, 1.54) is 11.1 Å². The maximum Gasteiger partial charge on any atom is 0.0508 e. The molecule has 1 nitrogen and oxygen atoms in total. The Bertz CT molecular complexity index is 477. The second-order valence-corrected chi connectivity index (χ2v) is 4.75. The third-order valence-electron chi connectivity index (χ3n) is 3.60. The van der Waals surface area contributed by atoms with Crippen LogP contribution in [0.3, 0.4) is 0 Å². The molecule has 1 aliphatic rings. The van der Waals surface area contributed by atoms with Crippen LogP contribution in [0.5, 0.6) is 0 Å². The lowest BCUT2D eigenvalue weighted by Gasteiger charge is -2.04. The lowest BCUT2D eigenvalue weighted by atomic mass is 10.1. The van der Waals surface area contributed by atoms with Gasteiger partial charge in [0.25, 0.3) is 0 Å². The van der Waals surface area contributed by atoms with Gasteiger partial charge in [0.05, 0.1) is 6.04 Å². The average molecular weight is 223 g/mol. The van der Waals surface area contributed by atoms with Crippen LogP contribution in [-0.2, 0) is 6.54 Å². The third kappa shape index (κ3) is 2.11. The van der Waals surface area contributed by atoms with Gasteiger partial charge in [0.15, 0.2) is 0 Å². The van der Waals surface area contributed by atoms with Crippen LogP contribution in [0.15, 0.2) is 60.7 Å². The Morgan fingerprint density at radius 3 is 2.12 bits per heavy atom. The predicted molar refractivity (Wildman–Crippen MR) is 70.6 cm³/mol. The van der Waals surface area contributed by atoms with Gasteiger partial charge >= 0.3 is 0 Å². The fraction of sp³-hybridized carbons (Fsp3) is 0.250. The van der Waals surface area contributed by atoms with Crippen molar-refractivity contribution in [3.8, 4) is 0 Å². The summed E-state index contributed by atoms with van der Waals surface area (Å²) < 4.78 is 0. The molecule has 1 fully saturated rings. The van der Waals surface area contributed by atoms with Crippen molar-refractivity contribution in [2.45, 2.75) is 25.6 Å². The van der Waals surface area contributed by atoms with Gasteiger partial charge in [-0.15, -0.1) is 0 Å². The highest BCUT2D eigenvalue weighted by Crippen LogP contribution is 2.43. The van der Waals surface area contributed by atoms with E-state index in [-0.39, 0.29) is 0 Å². The monoisotopic (exact) mass is 223 g/mol. The van der Waals surface area contributed by atoms with Gasteiger partial charge in [-0.05, 0) is 18.1 Å². The quantitative estimate of drug-likeness (QED) is 0.718. The molecule has 0 amide bonds. The molecule has 1 aliphatic heterocycles. The van der Waals surface area contributed by atoms with Gasteiger partial charge in [0, 0.05) is 12.6 Å². The Kier molecular flexibility index (Phi) is 2.69. The number of hydrogen-bond donors (Lipinski definition) is 0. The van der Waals surface area contributed by atoms with E-state index in [0.29, 0.717) is 12.1 Å². The van der Waals surface area contributed by atoms with Crippen molar-refractivity contribution in [2.75, 3.05) is 0 Å². The molecule has 1 heteroatoms. The molecule has 0 bridgehead atoms. The SMILES string of the molecule is C[C@@H]1[C@H](c2ccccc2)N1Cc1ccccc1. The topological polar surface area (TPSA) is 3.01 Å². The molecule has 2 aromatic carbocycles. The van der Waals surface area contributed by atoms with Crippen LogP contribution in [0.25, 0.3) is 0 Å². The van der Waals surface area contributed by atoms with Crippen LogP contribution in [0.2, 0.25) is 0 Å². The lowest BCUT2D eigenvalue weighted by Crippen LogP contribution is -2.00. The third-order valence-corrected chi connectivity index (χ3v) is 3.60. The maximum absolute atomic E-state index is 2.53. The summed E-state index contributed by atoms with van der Waals surface area (Å²) in [6.45, 7) is 3.36. The molecule has 3 rings (SSSR count). The first-order valence-corrected chi connectivity index (χ1v) is 6.21. The van der Waals surface area contributed by atoms with Gasteiger partial charge < -0.3 is 0 Å². The summed E-state index contributed by atoms with van der Waals surface area (Å²) >= 11 is 0. The van der Waals surface area contributed by atoms with E-state index >= 15 is 0 Å². The van der Waals surface area contributed by atoms with Crippen molar-refractivity contribution < 1.29 is 0 Å². The maximum atomic E-state index is 2.53. The largest absolute Gasteiger partial charge is 0.286 e. The Morgan fingerprint density at radius 1 is 0.882 bits per heavy atom. The second kappa shape index (κ2) is 4.34. The first kappa shape index (κ1) is 10.5. The Morgan fingerprint density at radius 2 is 1.47 bits per heavy atom. The van der Waals surface area contributed by atoms with Gasteiger partial charge in [-0.3, -0.25) is 4.90 Å². The van der Waals surface area contributed by atoms with E-state index in [2.05, 4.69) is 72.5 Å². The summed E-state index contributed by atoms with van der Waals surface area (Å²) in [6.07, 6.45) is 0.